The van der Waals surface area contributed by atoms with E-state index in [9.17, 15) is 10.2 Å². The van der Waals surface area contributed by atoms with Gasteiger partial charge in [-0.2, -0.15) is 0 Å². The predicted octanol–water partition coefficient (Wildman–Crippen LogP) is -0.566. The molecule has 0 aromatic heterocycles. The highest BCUT2D eigenvalue weighted by atomic mass is 16.5. The van der Waals surface area contributed by atoms with Gasteiger partial charge in [0.15, 0.2) is 0 Å². The molecule has 1 rings (SSSR count). The molecular weight excluding hydrogens is 172 g/mol. The molecule has 4 heteroatoms. The Kier molecular flexibility index (Phi) is 3.87. The zero-order valence-corrected chi connectivity index (χ0v) is 7.47. The van der Waals surface area contributed by atoms with Gasteiger partial charge in [-0.15, -0.1) is 6.58 Å². The molecule has 0 aromatic rings. The van der Waals surface area contributed by atoms with Crippen LogP contribution >= 0.6 is 0 Å². The number of rotatable bonds is 3. The molecule has 1 heterocycles. The predicted molar refractivity (Wildman–Crippen MR) is 47.2 cm³/mol. The molecule has 1 saturated heterocycles. The maximum absolute atomic E-state index is 9.40. The van der Waals surface area contributed by atoms with E-state index in [-0.39, 0.29) is 12.7 Å². The monoisotopic (exact) mass is 188 g/mol. The van der Waals surface area contributed by atoms with Gasteiger partial charge in [0.1, 0.15) is 12.2 Å². The second-order valence-corrected chi connectivity index (χ2v) is 3.30. The summed E-state index contributed by atoms with van der Waals surface area (Å²) in [6.07, 6.45) is 0.108. The van der Waals surface area contributed by atoms with E-state index in [1.165, 1.54) is 0 Å². The minimum absolute atomic E-state index is 0.145. The van der Waals surface area contributed by atoms with Crippen molar-refractivity contribution in [3.05, 3.63) is 12.7 Å². The Bertz CT molecular complexity index is 171. The van der Waals surface area contributed by atoms with Crippen molar-refractivity contribution < 1.29 is 20.1 Å². The SMILES string of the molecule is C=CC[C@@H]1CC(O)[C@H](O)C(CO)O1. The summed E-state index contributed by atoms with van der Waals surface area (Å²) < 4.78 is 5.33. The zero-order valence-electron chi connectivity index (χ0n) is 7.47. The normalized spacial score (nSPS) is 40.2. The summed E-state index contributed by atoms with van der Waals surface area (Å²) in [6, 6.07) is 0. The van der Waals surface area contributed by atoms with Gasteiger partial charge in [-0.25, -0.2) is 0 Å². The van der Waals surface area contributed by atoms with E-state index in [0.29, 0.717) is 12.8 Å². The van der Waals surface area contributed by atoms with Gasteiger partial charge in [-0.3, -0.25) is 0 Å². The third-order valence-electron chi connectivity index (χ3n) is 2.26. The molecule has 13 heavy (non-hydrogen) atoms. The van der Waals surface area contributed by atoms with Crippen LogP contribution in [-0.4, -0.2) is 46.3 Å². The summed E-state index contributed by atoms with van der Waals surface area (Å²) in [6.45, 7) is 3.29. The Balaban J connectivity index is 2.52. The van der Waals surface area contributed by atoms with Crippen LogP contribution < -0.4 is 0 Å². The Labute approximate surface area is 77.5 Å². The second kappa shape index (κ2) is 4.72. The summed E-state index contributed by atoms with van der Waals surface area (Å²) in [4.78, 5) is 0. The third kappa shape index (κ3) is 2.51. The van der Waals surface area contributed by atoms with Gasteiger partial charge in [0.2, 0.25) is 0 Å². The molecule has 1 aliphatic rings. The van der Waals surface area contributed by atoms with Crippen molar-refractivity contribution in [2.75, 3.05) is 6.61 Å². The zero-order chi connectivity index (χ0) is 9.84. The minimum Gasteiger partial charge on any atom is -0.394 e. The Morgan fingerprint density at radius 1 is 1.46 bits per heavy atom. The third-order valence-corrected chi connectivity index (χ3v) is 2.26. The van der Waals surface area contributed by atoms with Gasteiger partial charge in [-0.05, 0) is 6.42 Å². The summed E-state index contributed by atoms with van der Waals surface area (Å²) in [7, 11) is 0. The molecule has 0 spiro atoms. The Morgan fingerprint density at radius 3 is 2.69 bits per heavy atom. The van der Waals surface area contributed by atoms with Crippen molar-refractivity contribution in [2.24, 2.45) is 0 Å². The molecule has 4 atom stereocenters. The van der Waals surface area contributed by atoms with E-state index >= 15 is 0 Å². The highest BCUT2D eigenvalue weighted by molar-refractivity contribution is 4.87. The van der Waals surface area contributed by atoms with Crippen LogP contribution in [0.3, 0.4) is 0 Å². The number of aliphatic hydroxyl groups is 3. The maximum Gasteiger partial charge on any atom is 0.109 e. The first-order chi connectivity index (χ1) is 6.19. The van der Waals surface area contributed by atoms with Gasteiger partial charge < -0.3 is 20.1 Å². The van der Waals surface area contributed by atoms with E-state index in [0.717, 1.165) is 0 Å². The van der Waals surface area contributed by atoms with Gasteiger partial charge in [-0.1, -0.05) is 6.08 Å². The Morgan fingerprint density at radius 2 is 2.15 bits per heavy atom. The van der Waals surface area contributed by atoms with Crippen molar-refractivity contribution in [2.45, 2.75) is 37.3 Å². The highest BCUT2D eigenvalue weighted by Crippen LogP contribution is 2.22. The Hall–Kier alpha value is -0.420. The molecule has 76 valence electrons. The molecule has 0 amide bonds. The van der Waals surface area contributed by atoms with Gasteiger partial charge in [0.25, 0.3) is 0 Å². The first kappa shape index (κ1) is 10.7. The maximum atomic E-state index is 9.40. The number of ether oxygens (including phenoxy) is 1. The molecule has 1 aliphatic heterocycles. The van der Waals surface area contributed by atoms with Crippen LogP contribution in [0.15, 0.2) is 12.7 Å². The molecular formula is C9H16O4. The fourth-order valence-electron chi connectivity index (χ4n) is 1.53. The number of hydrogen-bond donors (Lipinski definition) is 3. The average Bonchev–Trinajstić information content (AvgIpc) is 2.11. The molecule has 0 bridgehead atoms. The van der Waals surface area contributed by atoms with Crippen LogP contribution in [0.4, 0.5) is 0 Å². The molecule has 0 radical (unpaired) electrons. The van der Waals surface area contributed by atoms with E-state index in [2.05, 4.69) is 6.58 Å². The molecule has 0 aromatic carbocycles. The smallest absolute Gasteiger partial charge is 0.109 e. The largest absolute Gasteiger partial charge is 0.394 e. The van der Waals surface area contributed by atoms with Crippen molar-refractivity contribution in [1.29, 1.82) is 0 Å². The van der Waals surface area contributed by atoms with Crippen LogP contribution in [0, 0.1) is 0 Å². The van der Waals surface area contributed by atoms with Gasteiger partial charge in [0, 0.05) is 6.42 Å². The van der Waals surface area contributed by atoms with E-state index in [1.807, 2.05) is 0 Å². The fourth-order valence-corrected chi connectivity index (χ4v) is 1.53. The van der Waals surface area contributed by atoms with Crippen molar-refractivity contribution in [3.63, 3.8) is 0 Å². The number of hydrogen-bond acceptors (Lipinski definition) is 4. The van der Waals surface area contributed by atoms with Crippen molar-refractivity contribution >= 4 is 0 Å². The quantitative estimate of drug-likeness (QED) is 0.519. The van der Waals surface area contributed by atoms with E-state index in [1.54, 1.807) is 6.08 Å². The average molecular weight is 188 g/mol. The summed E-state index contributed by atoms with van der Waals surface area (Å²) in [5, 5.41) is 27.6. The topological polar surface area (TPSA) is 69.9 Å². The minimum atomic E-state index is -0.980. The number of aliphatic hydroxyl groups excluding tert-OH is 3. The molecule has 0 aliphatic carbocycles. The standard InChI is InChI=1S/C9H16O4/c1-2-3-6-4-7(11)9(12)8(5-10)13-6/h2,6-12H,1,3-5H2/t6-,7?,8?,9+/m1/s1. The second-order valence-electron chi connectivity index (χ2n) is 3.30. The summed E-state index contributed by atoms with van der Waals surface area (Å²) in [5.41, 5.74) is 0. The van der Waals surface area contributed by atoms with Crippen LogP contribution in [0.2, 0.25) is 0 Å². The first-order valence-corrected chi connectivity index (χ1v) is 4.42. The summed E-state index contributed by atoms with van der Waals surface area (Å²) >= 11 is 0. The molecule has 0 saturated carbocycles. The molecule has 2 unspecified atom stereocenters. The first-order valence-electron chi connectivity index (χ1n) is 4.42. The molecule has 3 N–H and O–H groups in total. The van der Waals surface area contributed by atoms with E-state index < -0.39 is 18.3 Å². The van der Waals surface area contributed by atoms with Crippen LogP contribution in [0.25, 0.3) is 0 Å². The van der Waals surface area contributed by atoms with Crippen LogP contribution in [-0.2, 0) is 4.74 Å². The summed E-state index contributed by atoms with van der Waals surface area (Å²) in [5.74, 6) is 0. The molecule has 4 nitrogen and oxygen atoms in total. The van der Waals surface area contributed by atoms with Crippen LogP contribution in [0.1, 0.15) is 12.8 Å². The van der Waals surface area contributed by atoms with Gasteiger partial charge in [0.05, 0.1) is 18.8 Å². The lowest BCUT2D eigenvalue weighted by Crippen LogP contribution is -2.49. The lowest BCUT2D eigenvalue weighted by molar-refractivity contribution is -0.178. The molecule has 1 fully saturated rings. The van der Waals surface area contributed by atoms with E-state index in [4.69, 9.17) is 9.84 Å². The van der Waals surface area contributed by atoms with Crippen molar-refractivity contribution in [3.8, 4) is 0 Å². The van der Waals surface area contributed by atoms with Crippen LogP contribution in [0.5, 0.6) is 0 Å². The fraction of sp³-hybridized carbons (Fsp3) is 0.778. The highest BCUT2D eigenvalue weighted by Gasteiger charge is 2.35. The van der Waals surface area contributed by atoms with Gasteiger partial charge >= 0.3 is 0 Å². The lowest BCUT2D eigenvalue weighted by Gasteiger charge is -2.36. The lowest BCUT2D eigenvalue weighted by atomic mass is 9.97. The van der Waals surface area contributed by atoms with Crippen molar-refractivity contribution in [1.82, 2.24) is 0 Å².